The molecule has 0 atom stereocenters. The Hall–Kier alpha value is -0.0800. The molecule has 1 rings (SSSR count). The van der Waals surface area contributed by atoms with Gasteiger partial charge in [-0.3, -0.25) is 0 Å². The van der Waals surface area contributed by atoms with Crippen LogP contribution >= 0.6 is 50.1 Å². The normalized spacial score (nSPS) is 9.77. The highest BCUT2D eigenvalue weighted by Crippen LogP contribution is 2.31. The Morgan fingerprint density at radius 3 is 2.69 bits per heavy atom. The van der Waals surface area contributed by atoms with Gasteiger partial charge in [0.05, 0.1) is 0 Å². The van der Waals surface area contributed by atoms with Crippen LogP contribution in [0.1, 0.15) is 0 Å². The molecule has 0 spiro atoms. The average Bonchev–Trinajstić information content (AvgIpc) is 1.96. The van der Waals surface area contributed by atoms with Crippen molar-refractivity contribution < 1.29 is 5.03 Å². The van der Waals surface area contributed by atoms with Crippen LogP contribution in [0.15, 0.2) is 16.6 Å². The molecule has 4 nitrogen and oxygen atoms in total. The summed E-state index contributed by atoms with van der Waals surface area (Å²) in [6.07, 6.45) is 0. The quantitative estimate of drug-likeness (QED) is 0.489. The van der Waals surface area contributed by atoms with E-state index in [4.69, 9.17) is 11.6 Å². The highest BCUT2D eigenvalue weighted by molar-refractivity contribution is 14.1. The van der Waals surface area contributed by atoms with Gasteiger partial charge in [-0.15, -0.1) is 5.43 Å². The summed E-state index contributed by atoms with van der Waals surface area (Å²) in [7, 11) is 0. The number of halogens is 3. The Morgan fingerprint density at radius 2 is 2.23 bits per heavy atom. The number of benzene rings is 1. The van der Waals surface area contributed by atoms with E-state index in [1.807, 2.05) is 22.6 Å². The Morgan fingerprint density at radius 1 is 1.62 bits per heavy atom. The minimum absolute atomic E-state index is 0.412. The smallest absolute Gasteiger partial charge is 0.162 e. The third kappa shape index (κ3) is 2.96. The zero-order valence-electron chi connectivity index (χ0n) is 6.05. The monoisotopic (exact) mass is 376 g/mol. The van der Waals surface area contributed by atoms with Crippen molar-refractivity contribution in [2.45, 2.75) is 0 Å². The van der Waals surface area contributed by atoms with Crippen LogP contribution in [0.2, 0.25) is 5.02 Å². The second-order valence-corrected chi connectivity index (χ2v) is 4.57. The fraction of sp³-hybridized carbons (Fsp3) is 0. The number of nitrogens with one attached hydrogen (secondary N) is 1. The van der Waals surface area contributed by atoms with Crippen molar-refractivity contribution in [2.24, 2.45) is 0 Å². The number of hydrogen-bond acceptors (Lipinski definition) is 2. The third-order valence-electron chi connectivity index (χ3n) is 1.21. The Kier molecular flexibility index (Phi) is 3.74. The van der Waals surface area contributed by atoms with Crippen LogP contribution in [0.25, 0.3) is 0 Å². The van der Waals surface area contributed by atoms with Crippen molar-refractivity contribution in [3.63, 3.8) is 0 Å². The van der Waals surface area contributed by atoms with Crippen molar-refractivity contribution in [3.8, 4) is 0 Å². The molecule has 0 radical (unpaired) electrons. The molecule has 7 heteroatoms. The lowest BCUT2D eigenvalue weighted by molar-refractivity contribution is -0.445. The minimum atomic E-state index is -0.615. The van der Waals surface area contributed by atoms with E-state index in [1.54, 1.807) is 12.1 Å². The molecular formula is C6H3BrClIN2O2. The Balaban J connectivity index is 3.13. The number of rotatable bonds is 2. The van der Waals surface area contributed by atoms with Gasteiger partial charge in [0.15, 0.2) is 5.03 Å². The lowest BCUT2D eigenvalue weighted by atomic mass is 10.3. The van der Waals surface area contributed by atoms with Gasteiger partial charge in [-0.2, -0.15) is 0 Å². The number of nitro groups is 1. The fourth-order valence-electron chi connectivity index (χ4n) is 0.740. The SMILES string of the molecule is O=[N+]([O-])Nc1c(Br)cc(Cl)cc1I. The first-order chi connectivity index (χ1) is 6.00. The fourth-order valence-corrected chi connectivity index (χ4v) is 2.94. The van der Waals surface area contributed by atoms with Gasteiger partial charge in [0.25, 0.3) is 0 Å². The Bertz CT molecular complexity index is 337. The maximum atomic E-state index is 10.2. The summed E-state index contributed by atoms with van der Waals surface area (Å²) in [4.78, 5) is 10.2. The topological polar surface area (TPSA) is 55.2 Å². The first-order valence-corrected chi connectivity index (χ1v) is 5.31. The summed E-state index contributed by atoms with van der Waals surface area (Å²) in [6.45, 7) is 0. The molecule has 13 heavy (non-hydrogen) atoms. The predicted molar refractivity (Wildman–Crippen MR) is 62.5 cm³/mol. The molecule has 70 valence electrons. The van der Waals surface area contributed by atoms with E-state index in [-0.39, 0.29) is 0 Å². The van der Waals surface area contributed by atoms with Crippen LogP contribution in [-0.2, 0) is 0 Å². The summed E-state index contributed by atoms with van der Waals surface area (Å²) < 4.78 is 1.26. The average molecular weight is 377 g/mol. The molecular weight excluding hydrogens is 374 g/mol. The summed E-state index contributed by atoms with van der Waals surface area (Å²) in [5, 5.41) is 10.1. The van der Waals surface area contributed by atoms with Gasteiger partial charge < -0.3 is 0 Å². The summed E-state index contributed by atoms with van der Waals surface area (Å²) in [5.41, 5.74) is 2.49. The number of nitrogens with zero attached hydrogens (tertiary/aromatic N) is 1. The molecule has 1 N–H and O–H groups in total. The highest BCUT2D eigenvalue weighted by atomic mass is 127. The van der Waals surface area contributed by atoms with E-state index >= 15 is 0 Å². The maximum absolute atomic E-state index is 10.2. The lowest BCUT2D eigenvalue weighted by Gasteiger charge is -2.03. The van der Waals surface area contributed by atoms with Crippen molar-refractivity contribution >= 4 is 55.8 Å². The summed E-state index contributed by atoms with van der Waals surface area (Å²) in [6, 6.07) is 3.23. The molecule has 0 fully saturated rings. The predicted octanol–water partition coefficient (Wildman–Crippen LogP) is 3.31. The molecule has 0 saturated heterocycles. The van der Waals surface area contributed by atoms with Crippen LogP contribution in [-0.4, -0.2) is 5.03 Å². The van der Waals surface area contributed by atoms with Crippen molar-refractivity contribution in [3.05, 3.63) is 35.3 Å². The number of anilines is 1. The molecule has 0 bridgehead atoms. The van der Waals surface area contributed by atoms with Crippen LogP contribution in [0.5, 0.6) is 0 Å². The third-order valence-corrected chi connectivity index (χ3v) is 2.90. The van der Waals surface area contributed by atoms with Crippen LogP contribution in [0.4, 0.5) is 5.69 Å². The second kappa shape index (κ2) is 4.43. The van der Waals surface area contributed by atoms with Gasteiger partial charge >= 0.3 is 0 Å². The zero-order chi connectivity index (χ0) is 10.0. The molecule has 0 aromatic heterocycles. The second-order valence-electron chi connectivity index (χ2n) is 2.11. The van der Waals surface area contributed by atoms with E-state index in [0.717, 1.165) is 0 Å². The van der Waals surface area contributed by atoms with E-state index in [9.17, 15) is 10.1 Å². The zero-order valence-corrected chi connectivity index (χ0v) is 10.6. The molecule has 1 aromatic rings. The van der Waals surface area contributed by atoms with Gasteiger partial charge in [-0.25, -0.2) is 10.1 Å². The maximum Gasteiger partial charge on any atom is 0.162 e. The molecule has 0 aliphatic rings. The van der Waals surface area contributed by atoms with Gasteiger partial charge in [0.1, 0.15) is 5.69 Å². The minimum Gasteiger partial charge on any atom is -0.235 e. The van der Waals surface area contributed by atoms with E-state index in [0.29, 0.717) is 18.8 Å². The first kappa shape index (κ1) is 11.0. The largest absolute Gasteiger partial charge is 0.235 e. The summed E-state index contributed by atoms with van der Waals surface area (Å²) >= 11 is 10.9. The van der Waals surface area contributed by atoms with Crippen LogP contribution in [0.3, 0.4) is 0 Å². The van der Waals surface area contributed by atoms with E-state index < -0.39 is 5.03 Å². The number of hydrazine groups is 1. The molecule has 1 aromatic carbocycles. The molecule has 0 unspecified atom stereocenters. The first-order valence-electron chi connectivity index (χ1n) is 3.06. The van der Waals surface area contributed by atoms with Crippen LogP contribution in [0, 0.1) is 13.7 Å². The molecule has 0 aliphatic carbocycles. The standard InChI is InChI=1S/C6H3BrClIN2O2/c7-4-1-3(8)2-5(9)6(4)10-11(12)13/h1-2,10H. The number of hydrogen-bond donors (Lipinski definition) is 1. The van der Waals surface area contributed by atoms with Crippen molar-refractivity contribution in [1.82, 2.24) is 0 Å². The van der Waals surface area contributed by atoms with Gasteiger partial charge in [0, 0.05) is 13.1 Å². The molecule has 0 amide bonds. The summed E-state index contributed by atoms with van der Waals surface area (Å²) in [5.74, 6) is 0. The molecule has 0 aliphatic heterocycles. The molecule has 0 saturated carbocycles. The van der Waals surface area contributed by atoms with Crippen molar-refractivity contribution in [1.29, 1.82) is 0 Å². The van der Waals surface area contributed by atoms with E-state index in [1.165, 1.54) is 0 Å². The molecule has 0 heterocycles. The van der Waals surface area contributed by atoms with Crippen LogP contribution < -0.4 is 5.43 Å². The van der Waals surface area contributed by atoms with Gasteiger partial charge in [-0.1, -0.05) is 11.6 Å². The lowest BCUT2D eigenvalue weighted by Crippen LogP contribution is -2.09. The van der Waals surface area contributed by atoms with Crippen molar-refractivity contribution in [2.75, 3.05) is 5.43 Å². The van der Waals surface area contributed by atoms with E-state index in [2.05, 4.69) is 21.4 Å². The highest BCUT2D eigenvalue weighted by Gasteiger charge is 2.10. The Labute approximate surface area is 101 Å². The van der Waals surface area contributed by atoms with Gasteiger partial charge in [0.2, 0.25) is 0 Å². The van der Waals surface area contributed by atoms with Gasteiger partial charge in [-0.05, 0) is 50.7 Å².